The van der Waals surface area contributed by atoms with Crippen molar-refractivity contribution in [2.45, 2.75) is 40.2 Å². The second-order valence-corrected chi connectivity index (χ2v) is 3.76. The Labute approximate surface area is 84.4 Å². The summed E-state index contributed by atoms with van der Waals surface area (Å²) in [4.78, 5) is 10.9. The lowest BCUT2D eigenvalue weighted by Crippen LogP contribution is -2.07. The van der Waals surface area contributed by atoms with Crippen LogP contribution in [-0.4, -0.2) is 15.6 Å². The summed E-state index contributed by atoms with van der Waals surface area (Å²) in [5.74, 6) is -0.836. The van der Waals surface area contributed by atoms with E-state index in [9.17, 15) is 4.79 Å². The van der Waals surface area contributed by atoms with Gasteiger partial charge in [-0.3, -0.25) is 0 Å². The maximum atomic E-state index is 10.9. The number of carboxylic acids is 1. The number of aromatic nitrogens is 1. The zero-order valence-electron chi connectivity index (χ0n) is 9.16. The topological polar surface area (TPSA) is 42.2 Å². The third-order valence-corrected chi connectivity index (χ3v) is 2.48. The van der Waals surface area contributed by atoms with E-state index >= 15 is 0 Å². The molecule has 78 valence electrons. The van der Waals surface area contributed by atoms with Crippen LogP contribution in [0, 0.1) is 6.92 Å². The molecular weight excluding hydrogens is 178 g/mol. The lowest BCUT2D eigenvalue weighted by molar-refractivity contribution is 0.0696. The van der Waals surface area contributed by atoms with Crippen LogP contribution in [0.5, 0.6) is 0 Å². The molecule has 0 amide bonds. The summed E-state index contributed by atoms with van der Waals surface area (Å²) in [7, 11) is 0. The van der Waals surface area contributed by atoms with Gasteiger partial charge in [0.05, 0.1) is 5.56 Å². The van der Waals surface area contributed by atoms with Crippen LogP contribution >= 0.6 is 0 Å². The Morgan fingerprint density at radius 3 is 2.43 bits per heavy atom. The van der Waals surface area contributed by atoms with E-state index in [0.29, 0.717) is 11.6 Å². The molecule has 0 saturated carbocycles. The third-order valence-electron chi connectivity index (χ3n) is 2.48. The van der Waals surface area contributed by atoms with Gasteiger partial charge in [0.15, 0.2) is 0 Å². The maximum Gasteiger partial charge on any atom is 0.337 e. The highest BCUT2D eigenvalue weighted by molar-refractivity contribution is 5.89. The van der Waals surface area contributed by atoms with Crippen LogP contribution in [-0.2, 0) is 6.42 Å². The van der Waals surface area contributed by atoms with Gasteiger partial charge in [-0.1, -0.05) is 6.92 Å². The Morgan fingerprint density at radius 2 is 2.14 bits per heavy atom. The number of rotatable bonds is 3. The Kier molecular flexibility index (Phi) is 2.99. The van der Waals surface area contributed by atoms with E-state index in [4.69, 9.17) is 5.11 Å². The molecule has 0 bridgehead atoms. The summed E-state index contributed by atoms with van der Waals surface area (Å²) >= 11 is 0. The quantitative estimate of drug-likeness (QED) is 0.805. The van der Waals surface area contributed by atoms with E-state index in [0.717, 1.165) is 17.8 Å². The van der Waals surface area contributed by atoms with Crippen molar-refractivity contribution in [1.82, 2.24) is 4.57 Å². The summed E-state index contributed by atoms with van der Waals surface area (Å²) < 4.78 is 2.09. The van der Waals surface area contributed by atoms with Gasteiger partial charge in [-0.25, -0.2) is 4.79 Å². The molecule has 1 heterocycles. The average Bonchev–Trinajstić information content (AvgIpc) is 2.42. The van der Waals surface area contributed by atoms with Crippen molar-refractivity contribution in [2.24, 2.45) is 0 Å². The van der Waals surface area contributed by atoms with E-state index in [2.05, 4.69) is 18.4 Å². The average molecular weight is 195 g/mol. The molecule has 0 atom stereocenters. The minimum absolute atomic E-state index is 0.318. The van der Waals surface area contributed by atoms with Crippen molar-refractivity contribution >= 4 is 5.97 Å². The molecule has 1 N–H and O–H groups in total. The van der Waals surface area contributed by atoms with Crippen molar-refractivity contribution in [3.8, 4) is 0 Å². The second kappa shape index (κ2) is 3.86. The van der Waals surface area contributed by atoms with Gasteiger partial charge < -0.3 is 9.67 Å². The predicted octanol–water partition coefficient (Wildman–Crippen LogP) is 2.64. The number of hydrogen-bond donors (Lipinski definition) is 1. The minimum Gasteiger partial charge on any atom is -0.478 e. The van der Waals surface area contributed by atoms with Crippen molar-refractivity contribution in [3.63, 3.8) is 0 Å². The van der Waals surface area contributed by atoms with Crippen molar-refractivity contribution < 1.29 is 9.90 Å². The van der Waals surface area contributed by atoms with Gasteiger partial charge in [0.2, 0.25) is 0 Å². The Bertz CT molecular complexity index is 350. The van der Waals surface area contributed by atoms with Crippen molar-refractivity contribution in [3.05, 3.63) is 23.0 Å². The standard InChI is InChI=1S/C11H17NO2/c1-5-9-6-10(11(13)14)8(4)12(9)7(2)3/h6-7H,5H2,1-4H3,(H,13,14). The molecule has 3 nitrogen and oxygen atoms in total. The molecule has 0 unspecified atom stereocenters. The number of carbonyl (C=O) groups is 1. The number of hydrogen-bond acceptors (Lipinski definition) is 1. The lowest BCUT2D eigenvalue weighted by atomic mass is 10.2. The minimum atomic E-state index is -0.836. The smallest absolute Gasteiger partial charge is 0.337 e. The van der Waals surface area contributed by atoms with Crippen LogP contribution in [0.25, 0.3) is 0 Å². The zero-order valence-corrected chi connectivity index (χ0v) is 9.16. The number of carboxylic acid groups (broad SMARTS) is 1. The van der Waals surface area contributed by atoms with E-state index in [-0.39, 0.29) is 0 Å². The Hall–Kier alpha value is -1.25. The van der Waals surface area contributed by atoms with Gasteiger partial charge in [-0.2, -0.15) is 0 Å². The summed E-state index contributed by atoms with van der Waals surface area (Å²) in [5, 5.41) is 8.97. The molecule has 0 aromatic carbocycles. The maximum absolute atomic E-state index is 10.9. The Balaban J connectivity index is 3.33. The highest BCUT2D eigenvalue weighted by atomic mass is 16.4. The number of aromatic carboxylic acids is 1. The van der Waals surface area contributed by atoms with Crippen LogP contribution in [0.1, 0.15) is 48.6 Å². The van der Waals surface area contributed by atoms with Gasteiger partial charge in [-0.15, -0.1) is 0 Å². The van der Waals surface area contributed by atoms with E-state index in [1.54, 1.807) is 6.07 Å². The first-order chi connectivity index (χ1) is 6.49. The molecule has 0 saturated heterocycles. The highest BCUT2D eigenvalue weighted by Crippen LogP contribution is 2.20. The first kappa shape index (κ1) is 10.8. The lowest BCUT2D eigenvalue weighted by Gasteiger charge is -2.14. The van der Waals surface area contributed by atoms with Crippen LogP contribution in [0.2, 0.25) is 0 Å². The number of nitrogens with zero attached hydrogens (tertiary/aromatic N) is 1. The molecule has 0 fully saturated rings. The summed E-state index contributed by atoms with van der Waals surface area (Å²) in [6.45, 7) is 8.04. The highest BCUT2D eigenvalue weighted by Gasteiger charge is 2.16. The number of aryl methyl sites for hydroxylation is 1. The largest absolute Gasteiger partial charge is 0.478 e. The molecule has 0 aliphatic heterocycles. The molecular formula is C11H17NO2. The van der Waals surface area contributed by atoms with Crippen LogP contribution in [0.15, 0.2) is 6.07 Å². The van der Waals surface area contributed by atoms with Gasteiger partial charge in [0.25, 0.3) is 0 Å². The molecule has 1 aromatic rings. The first-order valence-electron chi connectivity index (χ1n) is 4.93. The summed E-state index contributed by atoms with van der Waals surface area (Å²) in [6, 6.07) is 2.09. The fourth-order valence-electron chi connectivity index (χ4n) is 1.89. The van der Waals surface area contributed by atoms with E-state index < -0.39 is 5.97 Å². The summed E-state index contributed by atoms with van der Waals surface area (Å²) in [6.07, 6.45) is 0.867. The van der Waals surface area contributed by atoms with Crippen LogP contribution < -0.4 is 0 Å². The molecule has 1 aromatic heterocycles. The summed E-state index contributed by atoms with van der Waals surface area (Å²) in [5.41, 5.74) is 2.37. The fourth-order valence-corrected chi connectivity index (χ4v) is 1.89. The van der Waals surface area contributed by atoms with Gasteiger partial charge in [0.1, 0.15) is 0 Å². The molecule has 3 heteroatoms. The molecule has 0 radical (unpaired) electrons. The second-order valence-electron chi connectivity index (χ2n) is 3.76. The van der Waals surface area contributed by atoms with Crippen LogP contribution in [0.3, 0.4) is 0 Å². The van der Waals surface area contributed by atoms with Gasteiger partial charge in [-0.05, 0) is 33.3 Å². The SMILES string of the molecule is CCc1cc(C(=O)O)c(C)n1C(C)C. The van der Waals surface area contributed by atoms with E-state index in [1.165, 1.54) is 0 Å². The van der Waals surface area contributed by atoms with Crippen LogP contribution in [0.4, 0.5) is 0 Å². The normalized spacial score (nSPS) is 10.9. The van der Waals surface area contributed by atoms with E-state index in [1.807, 2.05) is 13.8 Å². The molecule has 14 heavy (non-hydrogen) atoms. The van der Waals surface area contributed by atoms with Gasteiger partial charge in [0, 0.05) is 17.4 Å². The monoisotopic (exact) mass is 195 g/mol. The fraction of sp³-hybridized carbons (Fsp3) is 0.545. The first-order valence-corrected chi connectivity index (χ1v) is 4.93. The molecule has 0 aliphatic rings. The molecule has 0 spiro atoms. The molecule has 0 aliphatic carbocycles. The zero-order chi connectivity index (χ0) is 10.9. The molecule has 1 rings (SSSR count). The van der Waals surface area contributed by atoms with Gasteiger partial charge >= 0.3 is 5.97 Å². The third kappa shape index (κ3) is 1.67. The predicted molar refractivity (Wildman–Crippen MR) is 55.9 cm³/mol. The van der Waals surface area contributed by atoms with Crippen molar-refractivity contribution in [1.29, 1.82) is 0 Å². The van der Waals surface area contributed by atoms with Crippen molar-refractivity contribution in [2.75, 3.05) is 0 Å². The Morgan fingerprint density at radius 1 is 1.57 bits per heavy atom.